The van der Waals surface area contributed by atoms with Gasteiger partial charge in [-0.3, -0.25) is 5.84 Å². The van der Waals surface area contributed by atoms with Crippen molar-refractivity contribution < 1.29 is 4.39 Å². The molecule has 0 aliphatic carbocycles. The van der Waals surface area contributed by atoms with Crippen LogP contribution in [0, 0.1) is 5.82 Å². The molecule has 0 aliphatic heterocycles. The molecule has 0 heterocycles. The SMILES string of the molecule is CCc1ccc(C(NN)c2ccc(F)cc2Br)cc1. The second-order valence-electron chi connectivity index (χ2n) is 4.36. The lowest BCUT2D eigenvalue weighted by atomic mass is 9.98. The maximum atomic E-state index is 13.1. The van der Waals surface area contributed by atoms with Crippen molar-refractivity contribution >= 4 is 15.9 Å². The van der Waals surface area contributed by atoms with Gasteiger partial charge < -0.3 is 0 Å². The molecular weight excluding hydrogens is 307 g/mol. The summed E-state index contributed by atoms with van der Waals surface area (Å²) >= 11 is 3.38. The van der Waals surface area contributed by atoms with Crippen LogP contribution in [0.5, 0.6) is 0 Å². The van der Waals surface area contributed by atoms with Crippen molar-refractivity contribution in [3.8, 4) is 0 Å². The summed E-state index contributed by atoms with van der Waals surface area (Å²) in [4.78, 5) is 0. The van der Waals surface area contributed by atoms with Crippen LogP contribution >= 0.6 is 15.9 Å². The number of rotatable bonds is 4. The predicted octanol–water partition coefficient (Wildman–Crippen LogP) is 3.70. The molecule has 2 aromatic rings. The number of hydrogen-bond acceptors (Lipinski definition) is 2. The zero-order chi connectivity index (χ0) is 13.8. The van der Waals surface area contributed by atoms with Gasteiger partial charge in [0.1, 0.15) is 5.82 Å². The van der Waals surface area contributed by atoms with Crippen LogP contribution in [0.4, 0.5) is 4.39 Å². The molecule has 100 valence electrons. The third kappa shape index (κ3) is 3.21. The Labute approximate surface area is 120 Å². The van der Waals surface area contributed by atoms with Crippen molar-refractivity contribution in [1.82, 2.24) is 5.43 Å². The van der Waals surface area contributed by atoms with Crippen LogP contribution in [0.15, 0.2) is 46.9 Å². The highest BCUT2D eigenvalue weighted by molar-refractivity contribution is 9.10. The lowest BCUT2D eigenvalue weighted by Gasteiger charge is -2.18. The Bertz CT molecular complexity index is 555. The molecule has 0 fully saturated rings. The van der Waals surface area contributed by atoms with Crippen LogP contribution < -0.4 is 11.3 Å². The Hall–Kier alpha value is -1.23. The Morgan fingerprint density at radius 2 is 1.89 bits per heavy atom. The zero-order valence-corrected chi connectivity index (χ0v) is 12.2. The Morgan fingerprint density at radius 3 is 2.42 bits per heavy atom. The molecule has 0 spiro atoms. The van der Waals surface area contributed by atoms with Crippen molar-refractivity contribution in [1.29, 1.82) is 0 Å². The fourth-order valence-corrected chi connectivity index (χ4v) is 2.63. The van der Waals surface area contributed by atoms with E-state index in [1.54, 1.807) is 6.07 Å². The second kappa shape index (κ2) is 6.28. The van der Waals surface area contributed by atoms with Gasteiger partial charge in [-0.1, -0.05) is 53.2 Å². The van der Waals surface area contributed by atoms with Gasteiger partial charge in [-0.15, -0.1) is 0 Å². The van der Waals surface area contributed by atoms with Crippen LogP contribution in [0.2, 0.25) is 0 Å². The van der Waals surface area contributed by atoms with E-state index in [1.807, 2.05) is 12.1 Å². The molecule has 2 nitrogen and oxygen atoms in total. The quantitative estimate of drug-likeness (QED) is 0.665. The first-order valence-corrected chi connectivity index (χ1v) is 6.95. The Morgan fingerprint density at radius 1 is 1.21 bits per heavy atom. The van der Waals surface area contributed by atoms with E-state index >= 15 is 0 Å². The zero-order valence-electron chi connectivity index (χ0n) is 10.7. The van der Waals surface area contributed by atoms with Gasteiger partial charge in [0.25, 0.3) is 0 Å². The van der Waals surface area contributed by atoms with Crippen LogP contribution in [0.3, 0.4) is 0 Å². The summed E-state index contributed by atoms with van der Waals surface area (Å²) in [5.41, 5.74) is 6.01. The molecule has 3 N–H and O–H groups in total. The number of aryl methyl sites for hydroxylation is 1. The van der Waals surface area contributed by atoms with E-state index in [2.05, 4.69) is 40.4 Å². The van der Waals surface area contributed by atoms with E-state index in [0.29, 0.717) is 4.47 Å². The van der Waals surface area contributed by atoms with Crippen molar-refractivity contribution in [3.05, 3.63) is 69.4 Å². The number of nitrogens with two attached hydrogens (primary N) is 1. The highest BCUT2D eigenvalue weighted by Gasteiger charge is 2.15. The standard InChI is InChI=1S/C15H16BrFN2/c1-2-10-3-5-11(6-4-10)15(19-18)13-8-7-12(17)9-14(13)16/h3-9,15,19H,2,18H2,1H3. The van der Waals surface area contributed by atoms with Gasteiger partial charge in [-0.25, -0.2) is 9.82 Å². The first kappa shape index (κ1) is 14.2. The molecule has 2 aromatic carbocycles. The number of halogens is 2. The third-order valence-corrected chi connectivity index (χ3v) is 3.85. The molecule has 1 unspecified atom stereocenters. The average molecular weight is 323 g/mol. The Balaban J connectivity index is 2.37. The van der Waals surface area contributed by atoms with Crippen LogP contribution in [-0.4, -0.2) is 0 Å². The van der Waals surface area contributed by atoms with Gasteiger partial charge in [0.2, 0.25) is 0 Å². The van der Waals surface area contributed by atoms with Crippen molar-refractivity contribution in [3.63, 3.8) is 0 Å². The monoisotopic (exact) mass is 322 g/mol. The molecule has 0 radical (unpaired) electrons. The average Bonchev–Trinajstić information content (AvgIpc) is 2.42. The first-order valence-electron chi connectivity index (χ1n) is 6.15. The first-order chi connectivity index (χ1) is 9.15. The largest absolute Gasteiger partial charge is 0.271 e. The summed E-state index contributed by atoms with van der Waals surface area (Å²) in [6.07, 6.45) is 1.00. The van der Waals surface area contributed by atoms with E-state index in [1.165, 1.54) is 17.7 Å². The molecule has 0 aromatic heterocycles. The van der Waals surface area contributed by atoms with E-state index in [0.717, 1.165) is 17.5 Å². The van der Waals surface area contributed by atoms with E-state index in [9.17, 15) is 4.39 Å². The second-order valence-corrected chi connectivity index (χ2v) is 5.21. The minimum Gasteiger partial charge on any atom is -0.271 e. The van der Waals surface area contributed by atoms with Gasteiger partial charge >= 0.3 is 0 Å². The lowest BCUT2D eigenvalue weighted by molar-refractivity contribution is 0.613. The maximum absolute atomic E-state index is 13.1. The normalized spacial score (nSPS) is 12.4. The van der Waals surface area contributed by atoms with E-state index in [4.69, 9.17) is 5.84 Å². The number of hydrazine groups is 1. The van der Waals surface area contributed by atoms with Crippen molar-refractivity contribution in [2.75, 3.05) is 0 Å². The van der Waals surface area contributed by atoms with Gasteiger partial charge in [0.15, 0.2) is 0 Å². The van der Waals surface area contributed by atoms with Gasteiger partial charge in [0, 0.05) is 4.47 Å². The number of benzene rings is 2. The summed E-state index contributed by atoms with van der Waals surface area (Å²) in [6, 6.07) is 12.7. The molecule has 19 heavy (non-hydrogen) atoms. The highest BCUT2D eigenvalue weighted by Crippen LogP contribution is 2.28. The molecule has 0 saturated heterocycles. The fraction of sp³-hybridized carbons (Fsp3) is 0.200. The topological polar surface area (TPSA) is 38.0 Å². The summed E-state index contributed by atoms with van der Waals surface area (Å²) in [5, 5.41) is 0. The van der Waals surface area contributed by atoms with E-state index in [-0.39, 0.29) is 11.9 Å². The van der Waals surface area contributed by atoms with E-state index < -0.39 is 0 Å². The lowest BCUT2D eigenvalue weighted by Crippen LogP contribution is -2.29. The predicted molar refractivity (Wildman–Crippen MR) is 79.1 cm³/mol. The van der Waals surface area contributed by atoms with Crippen LogP contribution in [-0.2, 0) is 6.42 Å². The number of nitrogens with one attached hydrogen (secondary N) is 1. The maximum Gasteiger partial charge on any atom is 0.124 e. The van der Waals surface area contributed by atoms with Crippen LogP contribution in [0.25, 0.3) is 0 Å². The molecule has 0 aliphatic rings. The molecule has 0 bridgehead atoms. The fourth-order valence-electron chi connectivity index (χ4n) is 2.05. The van der Waals surface area contributed by atoms with Gasteiger partial charge in [-0.2, -0.15) is 0 Å². The molecule has 0 amide bonds. The smallest absolute Gasteiger partial charge is 0.124 e. The van der Waals surface area contributed by atoms with Gasteiger partial charge in [0.05, 0.1) is 6.04 Å². The van der Waals surface area contributed by atoms with Gasteiger partial charge in [-0.05, 0) is 35.2 Å². The molecule has 4 heteroatoms. The van der Waals surface area contributed by atoms with Crippen molar-refractivity contribution in [2.24, 2.45) is 5.84 Å². The summed E-state index contributed by atoms with van der Waals surface area (Å²) in [6.45, 7) is 2.12. The molecule has 1 atom stereocenters. The minimum atomic E-state index is -0.271. The van der Waals surface area contributed by atoms with Crippen molar-refractivity contribution in [2.45, 2.75) is 19.4 Å². The molecule has 2 rings (SSSR count). The molecule has 0 saturated carbocycles. The summed E-state index contributed by atoms with van der Waals surface area (Å²) in [7, 11) is 0. The molecular formula is C15H16BrFN2. The minimum absolute atomic E-state index is 0.166. The summed E-state index contributed by atoms with van der Waals surface area (Å²) < 4.78 is 13.8. The highest BCUT2D eigenvalue weighted by atomic mass is 79.9. The number of hydrogen-bond donors (Lipinski definition) is 2. The van der Waals surface area contributed by atoms with Crippen LogP contribution in [0.1, 0.15) is 29.7 Å². The Kier molecular flexibility index (Phi) is 4.69. The summed E-state index contributed by atoms with van der Waals surface area (Å²) in [5.74, 6) is 5.38. The third-order valence-electron chi connectivity index (χ3n) is 3.16.